The van der Waals surface area contributed by atoms with E-state index in [4.69, 9.17) is 4.98 Å². The Bertz CT molecular complexity index is 848. The van der Waals surface area contributed by atoms with Crippen LogP contribution in [0, 0.1) is 70.6 Å². The molecule has 1 heterocycles. The van der Waals surface area contributed by atoms with Gasteiger partial charge in [0.05, 0.1) is 11.0 Å². The zero-order valence-electron chi connectivity index (χ0n) is 15.8. The first-order valence-electron chi connectivity index (χ1n) is 9.21. The summed E-state index contributed by atoms with van der Waals surface area (Å²) in [5.74, 6) is 2.33. The Balaban J connectivity index is 0.000000329. The van der Waals surface area contributed by atoms with Crippen LogP contribution in [0.2, 0.25) is 0 Å². The van der Waals surface area contributed by atoms with Crippen molar-refractivity contribution in [2.75, 3.05) is 0 Å². The van der Waals surface area contributed by atoms with Gasteiger partial charge in [0.2, 0.25) is 0 Å². The van der Waals surface area contributed by atoms with Crippen LogP contribution in [0.1, 0.15) is 5.56 Å². The number of rotatable bonds is 3. The Morgan fingerprint density at radius 2 is 1.36 bits per heavy atom. The molecule has 0 saturated heterocycles. The molecule has 0 amide bonds. The fourth-order valence-corrected chi connectivity index (χ4v) is 3.18. The molecule has 0 N–H and O–H groups in total. The number of hydrogen-bond acceptors (Lipinski definition) is 1. The number of imidazole rings is 1. The number of aryl methyl sites for hydroxylation is 1. The molecular weight excluding hydrogens is 384 g/mol. The fourth-order valence-electron chi connectivity index (χ4n) is 3.18. The molecule has 1 aromatic heterocycles. The SMILES string of the molecule is Cc1ccc(-c2nc3ccccc3n2C[C]2[CH][CH][CH][CH]2)cc1.[CH]1[CH][CH][CH][CH]1.[Fe+2]. The summed E-state index contributed by atoms with van der Waals surface area (Å²) >= 11 is 0. The van der Waals surface area contributed by atoms with Gasteiger partial charge in [-0.05, 0) is 76.8 Å². The standard InChI is InChI=1S/C20H17N2.C5H5.Fe/c1-15-10-12-17(13-11-15)20-21-18-8-4-5-9-19(18)22(20)14-16-6-2-3-7-16;1-2-4-5-3-1;/h2-13H,14H2,1H3;1-5H;/q;;+2. The van der Waals surface area contributed by atoms with Crippen molar-refractivity contribution in [2.45, 2.75) is 13.5 Å². The zero-order chi connectivity index (χ0) is 18.5. The van der Waals surface area contributed by atoms with Gasteiger partial charge in [-0.25, -0.2) is 4.98 Å². The summed E-state index contributed by atoms with van der Waals surface area (Å²) in [6, 6.07) is 16.9. The third-order valence-electron chi connectivity index (χ3n) is 4.59. The molecule has 28 heavy (non-hydrogen) atoms. The molecule has 2 nitrogen and oxygen atoms in total. The van der Waals surface area contributed by atoms with E-state index >= 15 is 0 Å². The molecule has 3 aromatic rings. The number of fused-ring (bicyclic) bond motifs is 1. The van der Waals surface area contributed by atoms with Crippen molar-refractivity contribution in [2.24, 2.45) is 0 Å². The van der Waals surface area contributed by atoms with E-state index in [1.807, 2.05) is 38.2 Å². The molecule has 2 fully saturated rings. The maximum absolute atomic E-state index is 4.86. The number of hydrogen-bond donors (Lipinski definition) is 0. The number of aromatic nitrogens is 2. The second-order valence-electron chi connectivity index (χ2n) is 6.63. The largest absolute Gasteiger partial charge is 2.00 e. The third kappa shape index (κ3) is 5.07. The van der Waals surface area contributed by atoms with E-state index in [1.165, 1.54) is 17.0 Å². The molecule has 2 aromatic carbocycles. The summed E-state index contributed by atoms with van der Waals surface area (Å²) in [4.78, 5) is 4.86. The fraction of sp³-hybridized carbons (Fsp3) is 0.0800. The summed E-state index contributed by atoms with van der Waals surface area (Å²) in [5, 5.41) is 0. The quantitative estimate of drug-likeness (QED) is 0.530. The third-order valence-corrected chi connectivity index (χ3v) is 4.59. The first-order chi connectivity index (χ1) is 13.3. The van der Waals surface area contributed by atoms with Crippen molar-refractivity contribution in [1.29, 1.82) is 0 Å². The van der Waals surface area contributed by atoms with Crippen molar-refractivity contribution in [3.05, 3.63) is 118 Å². The first-order valence-corrected chi connectivity index (χ1v) is 9.21. The molecule has 0 bridgehead atoms. The van der Waals surface area contributed by atoms with E-state index < -0.39 is 0 Å². The van der Waals surface area contributed by atoms with E-state index in [0.29, 0.717) is 0 Å². The van der Waals surface area contributed by atoms with Gasteiger partial charge in [0.15, 0.2) is 0 Å². The molecule has 3 heteroatoms. The molecule has 5 rings (SSSR count). The molecular formula is C25H22FeN2+2. The summed E-state index contributed by atoms with van der Waals surface area (Å²) < 4.78 is 2.30. The minimum Gasteiger partial charge on any atom is -0.323 e. The van der Waals surface area contributed by atoms with Gasteiger partial charge in [0.25, 0.3) is 0 Å². The van der Waals surface area contributed by atoms with Gasteiger partial charge in [-0.1, -0.05) is 42.0 Å². The van der Waals surface area contributed by atoms with E-state index in [-0.39, 0.29) is 17.1 Å². The van der Waals surface area contributed by atoms with Crippen molar-refractivity contribution in [1.82, 2.24) is 9.55 Å². The predicted octanol–water partition coefficient (Wildman–Crippen LogP) is 5.44. The van der Waals surface area contributed by atoms with Crippen LogP contribution in [0.5, 0.6) is 0 Å². The summed E-state index contributed by atoms with van der Waals surface area (Å²) in [6.07, 6.45) is 18.5. The van der Waals surface area contributed by atoms with E-state index in [9.17, 15) is 0 Å². The minimum atomic E-state index is 0. The maximum atomic E-state index is 4.86. The van der Waals surface area contributed by atoms with Gasteiger partial charge in [-0.15, -0.1) is 0 Å². The predicted molar refractivity (Wildman–Crippen MR) is 112 cm³/mol. The van der Waals surface area contributed by atoms with Crippen LogP contribution in [0.15, 0.2) is 48.5 Å². The molecule has 10 radical (unpaired) electrons. The molecule has 2 aliphatic rings. The van der Waals surface area contributed by atoms with Gasteiger partial charge >= 0.3 is 17.1 Å². The molecule has 0 aliphatic heterocycles. The Kier molecular flexibility index (Phi) is 7.76. The molecule has 2 aliphatic carbocycles. The van der Waals surface area contributed by atoms with Crippen molar-refractivity contribution < 1.29 is 17.1 Å². The number of nitrogens with zero attached hydrogens (tertiary/aromatic N) is 2. The van der Waals surface area contributed by atoms with Crippen molar-refractivity contribution in [3.63, 3.8) is 0 Å². The van der Waals surface area contributed by atoms with Crippen LogP contribution in [0.4, 0.5) is 0 Å². The van der Waals surface area contributed by atoms with Crippen LogP contribution < -0.4 is 0 Å². The first kappa shape index (κ1) is 21.1. The molecule has 0 unspecified atom stereocenters. The van der Waals surface area contributed by atoms with Crippen molar-refractivity contribution in [3.8, 4) is 11.4 Å². The monoisotopic (exact) mass is 406 g/mol. The van der Waals surface area contributed by atoms with Gasteiger partial charge in [-0.2, -0.15) is 0 Å². The van der Waals surface area contributed by atoms with Crippen molar-refractivity contribution >= 4 is 11.0 Å². The Hall–Kier alpha value is -1.57. The molecule has 138 valence electrons. The van der Waals surface area contributed by atoms with E-state index in [1.54, 1.807) is 0 Å². The summed E-state index contributed by atoms with van der Waals surface area (Å²) in [6.45, 7) is 2.95. The normalized spacial score (nSPS) is 16.6. The van der Waals surface area contributed by atoms with Gasteiger partial charge in [0.1, 0.15) is 5.82 Å². The Morgan fingerprint density at radius 1 is 0.750 bits per heavy atom. The maximum Gasteiger partial charge on any atom is 2.00 e. The van der Waals surface area contributed by atoms with E-state index in [2.05, 4.69) is 79.6 Å². The molecule has 0 spiro atoms. The minimum absolute atomic E-state index is 0. The summed E-state index contributed by atoms with van der Waals surface area (Å²) in [7, 11) is 0. The smallest absolute Gasteiger partial charge is 0.323 e. The topological polar surface area (TPSA) is 17.8 Å². The van der Waals surface area contributed by atoms with Gasteiger partial charge in [0, 0.05) is 18.0 Å². The number of para-hydroxylation sites is 2. The number of benzene rings is 2. The van der Waals surface area contributed by atoms with Crippen LogP contribution in [-0.4, -0.2) is 9.55 Å². The zero-order valence-corrected chi connectivity index (χ0v) is 16.9. The second-order valence-corrected chi connectivity index (χ2v) is 6.63. The molecule has 0 atom stereocenters. The average molecular weight is 406 g/mol. The van der Waals surface area contributed by atoms with Crippen LogP contribution >= 0.6 is 0 Å². The van der Waals surface area contributed by atoms with E-state index in [0.717, 1.165) is 23.4 Å². The Labute approximate surface area is 180 Å². The summed E-state index contributed by atoms with van der Waals surface area (Å²) in [5.41, 5.74) is 4.65. The Morgan fingerprint density at radius 3 is 2.00 bits per heavy atom. The molecule has 2 saturated carbocycles. The van der Waals surface area contributed by atoms with Crippen LogP contribution in [0.3, 0.4) is 0 Å². The van der Waals surface area contributed by atoms with Crippen LogP contribution in [0.25, 0.3) is 22.4 Å². The van der Waals surface area contributed by atoms with Gasteiger partial charge < -0.3 is 4.57 Å². The van der Waals surface area contributed by atoms with Gasteiger partial charge in [-0.3, -0.25) is 0 Å². The van der Waals surface area contributed by atoms with Crippen LogP contribution in [-0.2, 0) is 23.6 Å². The second kappa shape index (κ2) is 10.3. The average Bonchev–Trinajstić information content (AvgIpc) is 3.47.